The lowest BCUT2D eigenvalue weighted by Crippen LogP contribution is -2.13. The predicted octanol–water partition coefficient (Wildman–Crippen LogP) is 3.34. The third-order valence-corrected chi connectivity index (χ3v) is 4.30. The average Bonchev–Trinajstić information content (AvgIpc) is 3.29. The Bertz CT molecular complexity index is 945. The van der Waals surface area contributed by atoms with Crippen molar-refractivity contribution < 1.29 is 23.1 Å². The van der Waals surface area contributed by atoms with Gasteiger partial charge in [-0.25, -0.2) is 4.39 Å². The number of halogens is 1. The molecule has 1 aliphatic heterocycles. The fourth-order valence-electron chi connectivity index (χ4n) is 2.28. The number of ether oxygens (including phenoxy) is 2. The van der Waals surface area contributed by atoms with Gasteiger partial charge in [0, 0.05) is 17.3 Å². The van der Waals surface area contributed by atoms with Crippen molar-refractivity contribution in [2.75, 3.05) is 17.9 Å². The molecule has 7 nitrogen and oxygen atoms in total. The van der Waals surface area contributed by atoms with Gasteiger partial charge in [-0.1, -0.05) is 11.8 Å². The molecule has 0 aliphatic carbocycles. The van der Waals surface area contributed by atoms with Gasteiger partial charge >= 0.3 is 0 Å². The maximum Gasteiger partial charge on any atom is 0.277 e. The first-order valence-corrected chi connectivity index (χ1v) is 8.58. The summed E-state index contributed by atoms with van der Waals surface area (Å²) >= 11 is 1.11. The Morgan fingerprint density at radius 1 is 1.12 bits per heavy atom. The summed E-state index contributed by atoms with van der Waals surface area (Å²) in [4.78, 5) is 12.1. The standard InChI is InChI=1S/C17H12FN3O4S/c18-11-3-1-10(2-4-11)16-20-21-17(25-16)26-8-15(22)19-12-5-6-13-14(7-12)24-9-23-13/h1-7H,8-9H2,(H,19,22). The van der Waals surface area contributed by atoms with Crippen molar-refractivity contribution in [1.29, 1.82) is 0 Å². The van der Waals surface area contributed by atoms with E-state index in [-0.39, 0.29) is 35.4 Å². The molecule has 9 heteroatoms. The first-order chi connectivity index (χ1) is 12.7. The zero-order valence-electron chi connectivity index (χ0n) is 13.3. The fourth-order valence-corrected chi connectivity index (χ4v) is 2.84. The Hall–Kier alpha value is -3.07. The molecule has 0 bridgehead atoms. The molecule has 26 heavy (non-hydrogen) atoms. The van der Waals surface area contributed by atoms with Crippen LogP contribution in [0.4, 0.5) is 10.1 Å². The summed E-state index contributed by atoms with van der Waals surface area (Å²) in [5.41, 5.74) is 1.22. The lowest BCUT2D eigenvalue weighted by atomic mass is 10.2. The third-order valence-electron chi connectivity index (χ3n) is 3.48. The van der Waals surface area contributed by atoms with Crippen LogP contribution >= 0.6 is 11.8 Å². The second-order valence-electron chi connectivity index (χ2n) is 5.28. The molecular weight excluding hydrogens is 361 g/mol. The summed E-state index contributed by atoms with van der Waals surface area (Å²) in [6.45, 7) is 0.177. The lowest BCUT2D eigenvalue weighted by molar-refractivity contribution is -0.113. The smallest absolute Gasteiger partial charge is 0.277 e. The third kappa shape index (κ3) is 3.62. The number of benzene rings is 2. The number of rotatable bonds is 5. The molecule has 2 heterocycles. The predicted molar refractivity (Wildman–Crippen MR) is 91.6 cm³/mol. The van der Waals surface area contributed by atoms with Gasteiger partial charge in [0.15, 0.2) is 11.5 Å². The Morgan fingerprint density at radius 2 is 1.92 bits per heavy atom. The molecule has 2 aromatic carbocycles. The van der Waals surface area contributed by atoms with Crippen LogP contribution in [0.5, 0.6) is 11.5 Å². The molecule has 0 fully saturated rings. The minimum absolute atomic E-state index is 0.0967. The van der Waals surface area contributed by atoms with Gasteiger partial charge < -0.3 is 19.2 Å². The number of fused-ring (bicyclic) bond motifs is 1. The topological polar surface area (TPSA) is 86.5 Å². The summed E-state index contributed by atoms with van der Waals surface area (Å²) in [6.07, 6.45) is 0. The zero-order chi connectivity index (χ0) is 17.9. The minimum Gasteiger partial charge on any atom is -0.454 e. The zero-order valence-corrected chi connectivity index (χ0v) is 14.1. The van der Waals surface area contributed by atoms with Gasteiger partial charge in [-0.05, 0) is 36.4 Å². The maximum absolute atomic E-state index is 12.9. The summed E-state index contributed by atoms with van der Waals surface area (Å²) in [5, 5.41) is 10.8. The van der Waals surface area contributed by atoms with E-state index in [1.54, 1.807) is 30.3 Å². The Morgan fingerprint density at radius 3 is 2.77 bits per heavy atom. The average molecular weight is 373 g/mol. The van der Waals surface area contributed by atoms with Gasteiger partial charge in [-0.2, -0.15) is 0 Å². The normalized spacial score (nSPS) is 12.2. The van der Waals surface area contributed by atoms with Gasteiger partial charge in [0.1, 0.15) is 5.82 Å². The molecule has 132 valence electrons. The molecule has 0 saturated heterocycles. The Kier molecular flexibility index (Phi) is 4.44. The van der Waals surface area contributed by atoms with E-state index in [9.17, 15) is 9.18 Å². The highest BCUT2D eigenvalue weighted by molar-refractivity contribution is 7.99. The highest BCUT2D eigenvalue weighted by Gasteiger charge is 2.15. The number of carbonyl (C=O) groups is 1. The second kappa shape index (κ2) is 7.04. The number of aromatic nitrogens is 2. The van der Waals surface area contributed by atoms with Crippen LogP contribution in [-0.4, -0.2) is 28.7 Å². The van der Waals surface area contributed by atoms with Crippen molar-refractivity contribution >= 4 is 23.4 Å². The monoisotopic (exact) mass is 373 g/mol. The van der Waals surface area contributed by atoms with E-state index < -0.39 is 0 Å². The van der Waals surface area contributed by atoms with Crippen molar-refractivity contribution in [1.82, 2.24) is 10.2 Å². The van der Waals surface area contributed by atoms with Crippen molar-refractivity contribution in [2.45, 2.75) is 5.22 Å². The highest BCUT2D eigenvalue weighted by Crippen LogP contribution is 2.34. The number of thioether (sulfide) groups is 1. The van der Waals surface area contributed by atoms with Crippen LogP contribution in [0.3, 0.4) is 0 Å². The van der Waals surface area contributed by atoms with E-state index in [4.69, 9.17) is 13.9 Å². The van der Waals surface area contributed by atoms with E-state index in [0.29, 0.717) is 22.7 Å². The van der Waals surface area contributed by atoms with E-state index in [1.165, 1.54) is 12.1 Å². The largest absolute Gasteiger partial charge is 0.454 e. The lowest BCUT2D eigenvalue weighted by Gasteiger charge is -2.05. The van der Waals surface area contributed by atoms with E-state index in [2.05, 4.69) is 15.5 Å². The van der Waals surface area contributed by atoms with Crippen LogP contribution < -0.4 is 14.8 Å². The van der Waals surface area contributed by atoms with Gasteiger partial charge in [0.2, 0.25) is 18.6 Å². The maximum atomic E-state index is 12.9. The van der Waals surface area contributed by atoms with Crippen LogP contribution in [0.15, 0.2) is 52.1 Å². The quantitative estimate of drug-likeness (QED) is 0.687. The summed E-state index contributed by atoms with van der Waals surface area (Å²) in [7, 11) is 0. The van der Waals surface area contributed by atoms with Gasteiger partial charge in [-0.15, -0.1) is 10.2 Å². The number of nitrogens with one attached hydrogen (secondary N) is 1. The van der Waals surface area contributed by atoms with E-state index in [0.717, 1.165) is 11.8 Å². The first kappa shape index (κ1) is 16.4. The number of anilines is 1. The second-order valence-corrected chi connectivity index (χ2v) is 6.21. The summed E-state index contributed by atoms with van der Waals surface area (Å²) in [6, 6.07) is 10.9. The number of hydrogen-bond donors (Lipinski definition) is 1. The molecule has 4 rings (SSSR count). The van der Waals surface area contributed by atoms with Crippen molar-refractivity contribution in [3.05, 3.63) is 48.3 Å². The Balaban J connectivity index is 1.34. The minimum atomic E-state index is -0.344. The molecule has 0 saturated carbocycles. The molecule has 0 atom stereocenters. The van der Waals surface area contributed by atoms with Crippen LogP contribution in [0.2, 0.25) is 0 Å². The van der Waals surface area contributed by atoms with Gasteiger partial charge in [0.05, 0.1) is 5.75 Å². The summed E-state index contributed by atoms with van der Waals surface area (Å²) in [5.74, 6) is 1.04. The van der Waals surface area contributed by atoms with E-state index >= 15 is 0 Å². The molecule has 1 aliphatic rings. The fraction of sp³-hybridized carbons (Fsp3) is 0.118. The van der Waals surface area contributed by atoms with Crippen LogP contribution in [-0.2, 0) is 4.79 Å². The molecular formula is C17H12FN3O4S. The SMILES string of the molecule is O=C(CSc1nnc(-c2ccc(F)cc2)o1)Nc1ccc2c(c1)OCO2. The van der Waals surface area contributed by atoms with Crippen molar-refractivity contribution in [3.8, 4) is 23.0 Å². The number of amides is 1. The van der Waals surface area contributed by atoms with Crippen LogP contribution in [0.25, 0.3) is 11.5 Å². The molecule has 0 spiro atoms. The van der Waals surface area contributed by atoms with Crippen molar-refractivity contribution in [3.63, 3.8) is 0 Å². The molecule has 1 amide bonds. The molecule has 3 aromatic rings. The molecule has 0 radical (unpaired) electrons. The van der Waals surface area contributed by atoms with E-state index in [1.807, 2.05) is 0 Å². The first-order valence-electron chi connectivity index (χ1n) is 7.59. The molecule has 1 aromatic heterocycles. The van der Waals surface area contributed by atoms with Gasteiger partial charge in [-0.3, -0.25) is 4.79 Å². The van der Waals surface area contributed by atoms with Gasteiger partial charge in [0.25, 0.3) is 5.22 Å². The Labute approximate surface area is 151 Å². The van der Waals surface area contributed by atoms with Crippen molar-refractivity contribution in [2.24, 2.45) is 0 Å². The number of hydrogen-bond acceptors (Lipinski definition) is 7. The van der Waals surface area contributed by atoms with Crippen LogP contribution in [0, 0.1) is 5.82 Å². The summed E-state index contributed by atoms with van der Waals surface area (Å²) < 4.78 is 28.9. The van der Waals surface area contributed by atoms with Crippen LogP contribution in [0.1, 0.15) is 0 Å². The molecule has 0 unspecified atom stereocenters. The molecule has 1 N–H and O–H groups in total. The highest BCUT2D eigenvalue weighted by atomic mass is 32.2. The number of nitrogens with zero attached hydrogens (tertiary/aromatic N) is 2. The number of carbonyl (C=O) groups excluding carboxylic acids is 1.